The van der Waals surface area contributed by atoms with Crippen LogP contribution in [0.2, 0.25) is 0 Å². The smallest absolute Gasteiger partial charge is 0.223 e. The van der Waals surface area contributed by atoms with Gasteiger partial charge in [0.15, 0.2) is 0 Å². The average Bonchev–Trinajstić information content (AvgIpc) is 2.40. The molecule has 1 unspecified atom stereocenters. The van der Waals surface area contributed by atoms with Crippen LogP contribution >= 0.6 is 11.8 Å². The molecule has 0 aromatic heterocycles. The Morgan fingerprint density at radius 1 is 1.29 bits per heavy atom. The van der Waals surface area contributed by atoms with Crippen LogP contribution in [0.1, 0.15) is 38.5 Å². The summed E-state index contributed by atoms with van der Waals surface area (Å²) in [5.74, 6) is 3.16. The Morgan fingerprint density at radius 2 is 2.06 bits per heavy atom. The van der Waals surface area contributed by atoms with Crippen molar-refractivity contribution in [1.82, 2.24) is 4.90 Å². The Hall–Kier alpha value is -0.690. The van der Waals surface area contributed by atoms with Crippen molar-refractivity contribution >= 4 is 17.7 Å². The first-order valence-electron chi connectivity index (χ1n) is 6.58. The fourth-order valence-electron chi connectivity index (χ4n) is 2.68. The molecule has 2 rings (SSSR count). The first-order chi connectivity index (χ1) is 8.31. The molecule has 2 aliphatic rings. The molecule has 2 heterocycles. The molecule has 0 N–H and O–H groups in total. The number of likely N-dealkylation sites (tertiary alicyclic amines) is 1. The first-order valence-corrected chi connectivity index (χ1v) is 7.73. The van der Waals surface area contributed by atoms with Crippen LogP contribution in [0.4, 0.5) is 0 Å². The van der Waals surface area contributed by atoms with Crippen LogP contribution in [-0.4, -0.2) is 34.9 Å². The Labute approximate surface area is 108 Å². The fraction of sp³-hybridized carbons (Fsp3) is 0.846. The van der Waals surface area contributed by atoms with Gasteiger partial charge in [-0.1, -0.05) is 0 Å². The van der Waals surface area contributed by atoms with E-state index in [9.17, 15) is 4.79 Å². The van der Waals surface area contributed by atoms with Gasteiger partial charge < -0.3 is 4.90 Å². The number of hydrogen-bond donors (Lipinski definition) is 0. The second-order valence-corrected chi connectivity index (χ2v) is 6.21. The minimum Gasteiger partial charge on any atom is -0.327 e. The largest absolute Gasteiger partial charge is 0.327 e. The lowest BCUT2D eigenvalue weighted by molar-refractivity contribution is -0.134. The van der Waals surface area contributed by atoms with Crippen LogP contribution in [0.5, 0.6) is 0 Å². The van der Waals surface area contributed by atoms with Crippen LogP contribution < -0.4 is 0 Å². The van der Waals surface area contributed by atoms with E-state index in [4.69, 9.17) is 5.26 Å². The third kappa shape index (κ3) is 3.38. The monoisotopic (exact) mass is 252 g/mol. The lowest BCUT2D eigenvalue weighted by atomic mass is 9.96. The van der Waals surface area contributed by atoms with Crippen molar-refractivity contribution in [1.29, 1.82) is 5.26 Å². The van der Waals surface area contributed by atoms with Crippen LogP contribution in [0.15, 0.2) is 0 Å². The third-order valence-electron chi connectivity index (χ3n) is 3.78. The molecule has 0 radical (unpaired) electrons. The van der Waals surface area contributed by atoms with E-state index in [1.807, 2.05) is 16.7 Å². The number of carbonyl (C=O) groups is 1. The third-order valence-corrected chi connectivity index (χ3v) is 4.83. The molecule has 0 spiro atoms. The number of carbonyl (C=O) groups excluding carboxylic acids is 1. The number of hydrogen-bond acceptors (Lipinski definition) is 3. The van der Waals surface area contributed by atoms with Gasteiger partial charge in [0.1, 0.15) is 6.04 Å². The quantitative estimate of drug-likeness (QED) is 0.758. The second kappa shape index (κ2) is 6.30. The van der Waals surface area contributed by atoms with Gasteiger partial charge in [-0.15, -0.1) is 0 Å². The van der Waals surface area contributed by atoms with Gasteiger partial charge in [0.2, 0.25) is 5.91 Å². The molecule has 17 heavy (non-hydrogen) atoms. The number of piperidine rings is 1. The summed E-state index contributed by atoms with van der Waals surface area (Å²) in [7, 11) is 0. The van der Waals surface area contributed by atoms with Crippen LogP contribution in [0.3, 0.4) is 0 Å². The molecule has 1 atom stereocenters. The SMILES string of the molecule is N#CC1CCCCN1C(=O)CC1CCSCC1. The molecular formula is C13H20N2OS. The molecule has 2 fully saturated rings. The van der Waals surface area contributed by atoms with Gasteiger partial charge in [0, 0.05) is 13.0 Å². The van der Waals surface area contributed by atoms with Crippen LogP contribution in [-0.2, 0) is 4.79 Å². The van der Waals surface area contributed by atoms with Gasteiger partial charge in [0.25, 0.3) is 0 Å². The minimum absolute atomic E-state index is 0.158. The maximum absolute atomic E-state index is 12.2. The predicted octanol–water partition coefficient (Wildman–Crippen LogP) is 2.42. The van der Waals surface area contributed by atoms with E-state index in [-0.39, 0.29) is 11.9 Å². The maximum Gasteiger partial charge on any atom is 0.223 e. The van der Waals surface area contributed by atoms with E-state index in [0.29, 0.717) is 12.3 Å². The standard InChI is InChI=1S/C13H20N2OS/c14-10-12-3-1-2-6-15(12)13(16)9-11-4-7-17-8-5-11/h11-12H,1-9H2. The lowest BCUT2D eigenvalue weighted by Gasteiger charge is -2.33. The summed E-state index contributed by atoms with van der Waals surface area (Å²) < 4.78 is 0. The molecule has 2 saturated heterocycles. The van der Waals surface area contributed by atoms with Crippen molar-refractivity contribution in [2.24, 2.45) is 5.92 Å². The van der Waals surface area contributed by atoms with Gasteiger partial charge >= 0.3 is 0 Å². The Kier molecular flexibility index (Phi) is 4.73. The molecule has 1 amide bonds. The predicted molar refractivity (Wildman–Crippen MR) is 69.6 cm³/mol. The van der Waals surface area contributed by atoms with E-state index in [1.54, 1.807) is 0 Å². The molecule has 0 aromatic rings. The highest BCUT2D eigenvalue weighted by Crippen LogP contribution is 2.27. The normalized spacial score (nSPS) is 26.5. The Bertz CT molecular complexity index is 307. The van der Waals surface area contributed by atoms with Gasteiger partial charge in [0.05, 0.1) is 6.07 Å². The number of rotatable bonds is 2. The highest BCUT2D eigenvalue weighted by atomic mass is 32.2. The molecule has 3 nitrogen and oxygen atoms in total. The molecule has 94 valence electrons. The topological polar surface area (TPSA) is 44.1 Å². The molecule has 0 aromatic carbocycles. The van der Waals surface area contributed by atoms with Gasteiger partial charge in [-0.2, -0.15) is 17.0 Å². The van der Waals surface area contributed by atoms with Gasteiger partial charge in [-0.25, -0.2) is 0 Å². The summed E-state index contributed by atoms with van der Waals surface area (Å²) >= 11 is 1.99. The lowest BCUT2D eigenvalue weighted by Crippen LogP contribution is -2.43. The van der Waals surface area contributed by atoms with Crippen molar-refractivity contribution in [3.05, 3.63) is 0 Å². The van der Waals surface area contributed by atoms with E-state index in [2.05, 4.69) is 6.07 Å². The molecule has 4 heteroatoms. The minimum atomic E-state index is -0.158. The summed E-state index contributed by atoms with van der Waals surface area (Å²) in [6, 6.07) is 2.11. The molecule has 0 saturated carbocycles. The Balaban J connectivity index is 1.87. The van der Waals surface area contributed by atoms with Crippen molar-refractivity contribution < 1.29 is 4.79 Å². The van der Waals surface area contributed by atoms with Gasteiger partial charge in [-0.05, 0) is 49.5 Å². The van der Waals surface area contributed by atoms with Crippen LogP contribution in [0.25, 0.3) is 0 Å². The number of nitriles is 1. The van der Waals surface area contributed by atoms with Crippen LogP contribution in [0, 0.1) is 17.2 Å². The molecule has 0 bridgehead atoms. The van der Waals surface area contributed by atoms with E-state index >= 15 is 0 Å². The van der Waals surface area contributed by atoms with E-state index < -0.39 is 0 Å². The summed E-state index contributed by atoms with van der Waals surface area (Å²) in [4.78, 5) is 14.0. The number of nitrogens with zero attached hydrogens (tertiary/aromatic N) is 2. The van der Waals surface area contributed by atoms with Crippen molar-refractivity contribution in [3.63, 3.8) is 0 Å². The number of amides is 1. The van der Waals surface area contributed by atoms with E-state index in [1.165, 1.54) is 24.3 Å². The maximum atomic E-state index is 12.2. The highest BCUT2D eigenvalue weighted by molar-refractivity contribution is 7.99. The van der Waals surface area contributed by atoms with Crippen molar-refractivity contribution in [2.45, 2.75) is 44.6 Å². The summed E-state index contributed by atoms with van der Waals surface area (Å²) in [5.41, 5.74) is 0. The average molecular weight is 252 g/mol. The second-order valence-electron chi connectivity index (χ2n) is 4.99. The first kappa shape index (κ1) is 12.8. The summed E-state index contributed by atoms with van der Waals surface area (Å²) in [6.45, 7) is 0.790. The van der Waals surface area contributed by atoms with Gasteiger partial charge in [-0.3, -0.25) is 4.79 Å². The zero-order valence-corrected chi connectivity index (χ0v) is 11.0. The highest BCUT2D eigenvalue weighted by Gasteiger charge is 2.28. The number of thioether (sulfide) groups is 1. The Morgan fingerprint density at radius 3 is 2.76 bits per heavy atom. The summed E-state index contributed by atoms with van der Waals surface area (Å²) in [6.07, 6.45) is 6.01. The zero-order chi connectivity index (χ0) is 12.1. The van der Waals surface area contributed by atoms with E-state index in [0.717, 1.165) is 25.8 Å². The zero-order valence-electron chi connectivity index (χ0n) is 10.2. The molecule has 0 aliphatic carbocycles. The molecular weight excluding hydrogens is 232 g/mol. The molecule has 2 aliphatic heterocycles. The van der Waals surface area contributed by atoms with Crippen molar-refractivity contribution in [3.8, 4) is 6.07 Å². The fourth-order valence-corrected chi connectivity index (χ4v) is 3.88. The van der Waals surface area contributed by atoms with Crippen molar-refractivity contribution in [2.75, 3.05) is 18.1 Å². The summed E-state index contributed by atoms with van der Waals surface area (Å²) in [5, 5.41) is 9.07.